The monoisotopic (exact) mass is 270 g/mol. The van der Waals surface area contributed by atoms with Crippen molar-refractivity contribution in [3.05, 3.63) is 47.3 Å². The van der Waals surface area contributed by atoms with Crippen LogP contribution in [-0.4, -0.2) is 15.9 Å². The second kappa shape index (κ2) is 6.14. The first-order valence-electron chi connectivity index (χ1n) is 6.64. The average molecular weight is 270 g/mol. The van der Waals surface area contributed by atoms with E-state index in [4.69, 9.17) is 5.73 Å². The summed E-state index contributed by atoms with van der Waals surface area (Å²) in [5.41, 5.74) is 9.95. The second-order valence-electron chi connectivity index (χ2n) is 4.69. The van der Waals surface area contributed by atoms with Gasteiger partial charge in [-0.15, -0.1) is 9.97 Å². The number of nitrogens with two attached hydrogens (primary N) is 1. The Kier molecular flexibility index (Phi) is 4.30. The molecule has 2 rings (SSSR count). The average Bonchev–Trinajstić information content (AvgIpc) is 2.38. The smallest absolute Gasteiger partial charge is 0.322 e. The van der Waals surface area contributed by atoms with Gasteiger partial charge in [-0.2, -0.15) is 0 Å². The second-order valence-corrected chi connectivity index (χ2v) is 4.69. The summed E-state index contributed by atoms with van der Waals surface area (Å²) < 4.78 is 0. The predicted molar refractivity (Wildman–Crippen MR) is 80.8 cm³/mol. The highest BCUT2D eigenvalue weighted by Gasteiger charge is 2.05. The van der Waals surface area contributed by atoms with E-state index in [0.717, 1.165) is 23.5 Å². The maximum Gasteiger partial charge on any atom is 0.354 e. The zero-order valence-corrected chi connectivity index (χ0v) is 12.1. The summed E-state index contributed by atoms with van der Waals surface area (Å²) >= 11 is 0. The molecule has 0 saturated carbocycles. The van der Waals surface area contributed by atoms with Crippen LogP contribution in [0.5, 0.6) is 0 Å². The molecule has 0 spiro atoms. The third kappa shape index (κ3) is 3.78. The molecule has 2 aromatic rings. The van der Waals surface area contributed by atoms with Gasteiger partial charge >= 0.3 is 5.95 Å². The number of hydrogen-bond acceptors (Lipinski definition) is 2. The molecule has 0 aliphatic carbocycles. The van der Waals surface area contributed by atoms with E-state index in [-0.39, 0.29) is 0 Å². The van der Waals surface area contributed by atoms with E-state index >= 15 is 0 Å². The van der Waals surface area contributed by atoms with E-state index in [0.29, 0.717) is 11.9 Å². The molecule has 5 heteroatoms. The molecule has 0 radical (unpaired) electrons. The van der Waals surface area contributed by atoms with Gasteiger partial charge in [-0.1, -0.05) is 19.1 Å². The van der Waals surface area contributed by atoms with Crippen LogP contribution < -0.4 is 16.0 Å². The number of benzene rings is 1. The molecule has 0 fully saturated rings. The molecule has 0 saturated heterocycles. The summed E-state index contributed by atoms with van der Waals surface area (Å²) in [4.78, 5) is 11.5. The highest BCUT2D eigenvalue weighted by Crippen LogP contribution is 2.08. The SMILES string of the molecule is CCc1ccc(NC(N)=[NH+]c2nc(C)cc(C)n2)cc1. The normalized spacial score (nSPS) is 11.4. The first kappa shape index (κ1) is 14.0. The van der Waals surface area contributed by atoms with E-state index in [1.807, 2.05) is 32.0 Å². The van der Waals surface area contributed by atoms with E-state index in [9.17, 15) is 0 Å². The van der Waals surface area contributed by atoms with Crippen LogP contribution in [0.3, 0.4) is 0 Å². The number of anilines is 1. The summed E-state index contributed by atoms with van der Waals surface area (Å²) in [5, 5.41) is 3.08. The number of hydrogen-bond donors (Lipinski definition) is 3. The highest BCUT2D eigenvalue weighted by molar-refractivity contribution is 5.88. The Morgan fingerprint density at radius 3 is 2.30 bits per heavy atom. The Morgan fingerprint density at radius 1 is 1.15 bits per heavy atom. The van der Waals surface area contributed by atoms with E-state index in [2.05, 4.69) is 39.3 Å². The van der Waals surface area contributed by atoms with Gasteiger partial charge in [0.25, 0.3) is 5.96 Å². The van der Waals surface area contributed by atoms with E-state index in [1.54, 1.807) is 0 Å². The molecule has 0 aliphatic heterocycles. The van der Waals surface area contributed by atoms with Crippen molar-refractivity contribution < 1.29 is 4.99 Å². The molecule has 0 aliphatic rings. The lowest BCUT2D eigenvalue weighted by atomic mass is 10.1. The molecule has 0 atom stereocenters. The number of rotatable bonds is 3. The first-order chi connectivity index (χ1) is 9.56. The Labute approximate surface area is 119 Å². The van der Waals surface area contributed by atoms with Gasteiger partial charge in [0, 0.05) is 6.07 Å². The molecule has 20 heavy (non-hydrogen) atoms. The fourth-order valence-corrected chi connectivity index (χ4v) is 1.91. The van der Waals surface area contributed by atoms with Crippen molar-refractivity contribution in [2.75, 3.05) is 5.32 Å². The summed E-state index contributed by atoms with van der Waals surface area (Å²) in [6, 6.07) is 10.1. The van der Waals surface area contributed by atoms with Crippen LogP contribution in [-0.2, 0) is 6.42 Å². The standard InChI is InChI=1S/C15H19N5/c1-4-12-5-7-13(8-6-12)19-14(16)20-15-17-10(2)9-11(3)18-15/h5-9H,4H2,1-3H3,(H3,16,17,18,19,20)/p+1. The third-order valence-electron chi connectivity index (χ3n) is 2.87. The molecule has 0 amide bonds. The van der Waals surface area contributed by atoms with Crippen molar-refractivity contribution in [3.8, 4) is 0 Å². The van der Waals surface area contributed by atoms with Crippen LogP contribution in [0.2, 0.25) is 0 Å². The quantitative estimate of drug-likeness (QED) is 0.569. The molecule has 1 aromatic heterocycles. The van der Waals surface area contributed by atoms with Gasteiger partial charge in [0.2, 0.25) is 0 Å². The summed E-state index contributed by atoms with van der Waals surface area (Å²) in [6.07, 6.45) is 1.02. The maximum absolute atomic E-state index is 5.92. The van der Waals surface area contributed by atoms with Gasteiger partial charge in [0.05, 0.1) is 17.1 Å². The molecule has 1 aromatic carbocycles. The number of aryl methyl sites for hydroxylation is 3. The molecule has 1 heterocycles. The molecule has 0 unspecified atom stereocenters. The largest absolute Gasteiger partial charge is 0.354 e. The highest BCUT2D eigenvalue weighted by atomic mass is 15.2. The van der Waals surface area contributed by atoms with Crippen molar-refractivity contribution in [3.63, 3.8) is 0 Å². The fraction of sp³-hybridized carbons (Fsp3) is 0.267. The summed E-state index contributed by atoms with van der Waals surface area (Å²) in [7, 11) is 0. The molecule has 4 N–H and O–H groups in total. The van der Waals surface area contributed by atoms with E-state index < -0.39 is 0 Å². The fourth-order valence-electron chi connectivity index (χ4n) is 1.91. The van der Waals surface area contributed by atoms with Crippen LogP contribution in [0.4, 0.5) is 11.6 Å². The van der Waals surface area contributed by atoms with E-state index in [1.165, 1.54) is 5.56 Å². The zero-order chi connectivity index (χ0) is 14.5. The van der Waals surface area contributed by atoms with Crippen molar-refractivity contribution in [1.82, 2.24) is 9.97 Å². The van der Waals surface area contributed by atoms with Crippen LogP contribution >= 0.6 is 0 Å². The van der Waals surface area contributed by atoms with Gasteiger partial charge in [-0.05, 0) is 38.0 Å². The third-order valence-corrected chi connectivity index (χ3v) is 2.87. The number of nitrogens with one attached hydrogen (secondary N) is 2. The number of guanidine groups is 1. The first-order valence-corrected chi connectivity index (χ1v) is 6.64. The van der Waals surface area contributed by atoms with Crippen molar-refractivity contribution >= 4 is 17.6 Å². The zero-order valence-electron chi connectivity index (χ0n) is 12.1. The minimum Gasteiger partial charge on any atom is -0.322 e. The molecular formula is C15H20N5+. The number of nitrogens with zero attached hydrogens (tertiary/aromatic N) is 2. The maximum atomic E-state index is 5.92. The van der Waals surface area contributed by atoms with Gasteiger partial charge in [-0.3, -0.25) is 5.32 Å². The van der Waals surface area contributed by atoms with Crippen LogP contribution in [0.15, 0.2) is 30.3 Å². The Morgan fingerprint density at radius 2 is 1.75 bits per heavy atom. The van der Waals surface area contributed by atoms with Crippen molar-refractivity contribution in [2.45, 2.75) is 27.2 Å². The molecular weight excluding hydrogens is 250 g/mol. The van der Waals surface area contributed by atoms with Gasteiger partial charge in [0.1, 0.15) is 0 Å². The molecule has 0 bridgehead atoms. The molecule has 5 nitrogen and oxygen atoms in total. The van der Waals surface area contributed by atoms with Gasteiger partial charge in [0.15, 0.2) is 0 Å². The summed E-state index contributed by atoms with van der Waals surface area (Å²) in [6.45, 7) is 5.97. The topological polar surface area (TPSA) is 77.8 Å². The van der Waals surface area contributed by atoms with Crippen LogP contribution in [0.25, 0.3) is 0 Å². The minimum absolute atomic E-state index is 0.402. The minimum atomic E-state index is 0.402. The van der Waals surface area contributed by atoms with Gasteiger partial charge < -0.3 is 5.73 Å². The van der Waals surface area contributed by atoms with Crippen LogP contribution in [0, 0.1) is 13.8 Å². The van der Waals surface area contributed by atoms with Crippen molar-refractivity contribution in [2.24, 2.45) is 5.73 Å². The lowest BCUT2D eigenvalue weighted by molar-refractivity contribution is -0.365. The molecule has 104 valence electrons. The Hall–Kier alpha value is -2.43. The lowest BCUT2D eigenvalue weighted by Gasteiger charge is -2.02. The summed E-state index contributed by atoms with van der Waals surface area (Å²) in [5.74, 6) is 0.900. The van der Waals surface area contributed by atoms with Crippen molar-refractivity contribution in [1.29, 1.82) is 0 Å². The predicted octanol–water partition coefficient (Wildman–Crippen LogP) is 0.795. The number of aromatic nitrogens is 2. The van der Waals surface area contributed by atoms with Crippen LogP contribution in [0.1, 0.15) is 23.9 Å². The Bertz CT molecular complexity index is 596. The van der Waals surface area contributed by atoms with Gasteiger partial charge in [-0.25, -0.2) is 4.99 Å². The lowest BCUT2D eigenvalue weighted by Crippen LogP contribution is -2.72. The Balaban J connectivity index is 2.13.